The highest BCUT2D eigenvalue weighted by Crippen LogP contribution is 2.29. The molecule has 0 saturated carbocycles. The summed E-state index contributed by atoms with van der Waals surface area (Å²) in [5.41, 5.74) is -1.01. The number of pyridine rings is 2. The number of alkyl halides is 3. The summed E-state index contributed by atoms with van der Waals surface area (Å²) in [5.74, 6) is 1.25. The zero-order valence-corrected chi connectivity index (χ0v) is 15.7. The van der Waals surface area contributed by atoms with Crippen molar-refractivity contribution in [2.24, 2.45) is 0 Å². The van der Waals surface area contributed by atoms with Gasteiger partial charge in [-0.05, 0) is 38.1 Å². The van der Waals surface area contributed by atoms with Crippen LogP contribution in [0.3, 0.4) is 0 Å². The van der Waals surface area contributed by atoms with Crippen molar-refractivity contribution in [3.05, 3.63) is 53.3 Å². The van der Waals surface area contributed by atoms with E-state index in [1.165, 1.54) is 12.1 Å². The van der Waals surface area contributed by atoms with Crippen molar-refractivity contribution in [3.63, 3.8) is 0 Å². The van der Waals surface area contributed by atoms with Gasteiger partial charge in [0.25, 0.3) is 0 Å². The lowest BCUT2D eigenvalue weighted by atomic mass is 10.2. The number of aromatic nitrogens is 4. The van der Waals surface area contributed by atoms with Crippen LogP contribution in [-0.4, -0.2) is 26.0 Å². The Morgan fingerprint density at radius 1 is 0.893 bits per heavy atom. The van der Waals surface area contributed by atoms with E-state index < -0.39 is 11.9 Å². The molecule has 0 saturated heterocycles. The smallest absolute Gasteiger partial charge is 0.368 e. The summed E-state index contributed by atoms with van der Waals surface area (Å²) in [7, 11) is 0. The average Bonchev–Trinajstić information content (AvgIpc) is 2.60. The van der Waals surface area contributed by atoms with Crippen LogP contribution in [0, 0.1) is 0 Å². The predicted molar refractivity (Wildman–Crippen MR) is 102 cm³/mol. The largest absolute Gasteiger partial charge is 0.433 e. The van der Waals surface area contributed by atoms with E-state index in [1.54, 1.807) is 24.3 Å². The normalized spacial score (nSPS) is 11.5. The molecule has 3 aromatic heterocycles. The Morgan fingerprint density at radius 3 is 2.29 bits per heavy atom. The Hall–Kier alpha value is -2.94. The molecule has 10 heteroatoms. The molecule has 0 aromatic carbocycles. The summed E-state index contributed by atoms with van der Waals surface area (Å²) in [4.78, 5) is 16.3. The minimum absolute atomic E-state index is 0.00401. The zero-order chi connectivity index (χ0) is 20.3. The number of nitrogens with one attached hydrogen (secondary N) is 2. The second-order valence-corrected chi connectivity index (χ2v) is 6.52. The van der Waals surface area contributed by atoms with Gasteiger partial charge in [0.15, 0.2) is 5.82 Å². The van der Waals surface area contributed by atoms with Crippen molar-refractivity contribution in [2.45, 2.75) is 26.1 Å². The standard InChI is InChI=1S/C18H16ClF3N6/c1-10(2)23-15-9-16(26-14-8-4-7-13(19)25-14)28-17(27-15)11-5-3-6-12(24-11)18(20,21)22/h3-10H,1-2H3,(H2,23,25,26,27,28). The molecule has 0 amide bonds. The monoisotopic (exact) mass is 408 g/mol. The number of hydrogen-bond acceptors (Lipinski definition) is 6. The molecule has 3 rings (SSSR count). The minimum atomic E-state index is -4.56. The van der Waals surface area contributed by atoms with Crippen LogP contribution in [0.5, 0.6) is 0 Å². The third kappa shape index (κ3) is 5.07. The van der Waals surface area contributed by atoms with Crippen LogP contribution in [0.1, 0.15) is 19.5 Å². The van der Waals surface area contributed by atoms with Crippen LogP contribution >= 0.6 is 11.6 Å². The molecule has 2 N–H and O–H groups in total. The van der Waals surface area contributed by atoms with Crippen LogP contribution in [0.2, 0.25) is 5.15 Å². The fourth-order valence-electron chi connectivity index (χ4n) is 2.32. The van der Waals surface area contributed by atoms with E-state index in [0.717, 1.165) is 6.07 Å². The number of hydrogen-bond donors (Lipinski definition) is 2. The third-order valence-electron chi connectivity index (χ3n) is 3.40. The van der Waals surface area contributed by atoms with E-state index in [2.05, 4.69) is 30.6 Å². The number of halogens is 4. The molecule has 0 atom stereocenters. The average molecular weight is 409 g/mol. The van der Waals surface area contributed by atoms with Gasteiger partial charge in [-0.2, -0.15) is 13.2 Å². The van der Waals surface area contributed by atoms with Crippen molar-refractivity contribution >= 4 is 29.1 Å². The van der Waals surface area contributed by atoms with Crippen LogP contribution in [-0.2, 0) is 6.18 Å². The van der Waals surface area contributed by atoms with Gasteiger partial charge in [-0.3, -0.25) is 0 Å². The van der Waals surface area contributed by atoms with Crippen LogP contribution < -0.4 is 10.6 Å². The molecule has 3 heterocycles. The van der Waals surface area contributed by atoms with E-state index in [1.807, 2.05) is 13.8 Å². The summed E-state index contributed by atoms with van der Waals surface area (Å²) in [6, 6.07) is 10.3. The molecule has 0 aliphatic heterocycles. The second-order valence-electron chi connectivity index (χ2n) is 6.14. The molecule has 0 aliphatic carbocycles. The van der Waals surface area contributed by atoms with Gasteiger partial charge in [-0.25, -0.2) is 19.9 Å². The molecule has 0 aliphatic rings. The van der Waals surface area contributed by atoms with Gasteiger partial charge < -0.3 is 10.6 Å². The number of rotatable bonds is 5. The van der Waals surface area contributed by atoms with Gasteiger partial charge in [-0.15, -0.1) is 0 Å². The lowest BCUT2D eigenvalue weighted by Crippen LogP contribution is -2.13. The summed E-state index contributed by atoms with van der Waals surface area (Å²) in [5, 5.41) is 6.38. The Bertz CT molecular complexity index is 978. The molecule has 0 unspecified atom stereocenters. The Morgan fingerprint density at radius 2 is 1.61 bits per heavy atom. The van der Waals surface area contributed by atoms with Crippen molar-refractivity contribution in [1.29, 1.82) is 0 Å². The predicted octanol–water partition coefficient (Wildman–Crippen LogP) is 5.17. The van der Waals surface area contributed by atoms with Gasteiger partial charge in [0.2, 0.25) is 0 Å². The maximum absolute atomic E-state index is 13.0. The third-order valence-corrected chi connectivity index (χ3v) is 3.61. The van der Waals surface area contributed by atoms with Crippen LogP contribution in [0.15, 0.2) is 42.5 Å². The lowest BCUT2D eigenvalue weighted by Gasteiger charge is -2.13. The quantitative estimate of drug-likeness (QED) is 0.567. The molecule has 0 spiro atoms. The summed E-state index contributed by atoms with van der Waals surface area (Å²) in [6.45, 7) is 3.83. The van der Waals surface area contributed by atoms with Gasteiger partial charge >= 0.3 is 6.18 Å². The first kappa shape index (κ1) is 19.8. The van der Waals surface area contributed by atoms with Crippen LogP contribution in [0.4, 0.5) is 30.6 Å². The molecular formula is C18H16ClF3N6. The van der Waals surface area contributed by atoms with E-state index in [9.17, 15) is 13.2 Å². The van der Waals surface area contributed by atoms with Gasteiger partial charge in [0, 0.05) is 12.1 Å². The zero-order valence-electron chi connectivity index (χ0n) is 14.9. The molecule has 0 fully saturated rings. The summed E-state index contributed by atoms with van der Waals surface area (Å²) < 4.78 is 39.0. The molecule has 6 nitrogen and oxygen atoms in total. The van der Waals surface area contributed by atoms with Gasteiger partial charge in [0.05, 0.1) is 0 Å². The molecule has 28 heavy (non-hydrogen) atoms. The molecule has 0 radical (unpaired) electrons. The molecule has 3 aromatic rings. The van der Waals surface area contributed by atoms with E-state index in [4.69, 9.17) is 11.6 Å². The number of nitrogens with zero attached hydrogens (tertiary/aromatic N) is 4. The first-order valence-corrected chi connectivity index (χ1v) is 8.68. The molecular weight excluding hydrogens is 393 g/mol. The Balaban J connectivity index is 2.03. The van der Waals surface area contributed by atoms with E-state index >= 15 is 0 Å². The molecule has 0 bridgehead atoms. The van der Waals surface area contributed by atoms with Crippen molar-refractivity contribution < 1.29 is 13.2 Å². The molecule has 146 valence electrons. The van der Waals surface area contributed by atoms with Crippen LogP contribution in [0.25, 0.3) is 11.5 Å². The highest BCUT2D eigenvalue weighted by atomic mass is 35.5. The summed E-state index contributed by atoms with van der Waals surface area (Å²) >= 11 is 5.89. The van der Waals surface area contributed by atoms with Crippen molar-refractivity contribution in [1.82, 2.24) is 19.9 Å². The SMILES string of the molecule is CC(C)Nc1cc(Nc2cccc(Cl)n2)nc(-c2cccc(C(F)(F)F)n2)n1. The topological polar surface area (TPSA) is 75.6 Å². The Labute approximate surface area is 164 Å². The first-order valence-electron chi connectivity index (χ1n) is 8.30. The highest BCUT2D eigenvalue weighted by molar-refractivity contribution is 6.29. The second kappa shape index (κ2) is 7.97. The number of anilines is 3. The maximum Gasteiger partial charge on any atom is 0.433 e. The van der Waals surface area contributed by atoms with Gasteiger partial charge in [-0.1, -0.05) is 23.7 Å². The lowest BCUT2D eigenvalue weighted by molar-refractivity contribution is -0.141. The first-order chi connectivity index (χ1) is 13.2. The summed E-state index contributed by atoms with van der Waals surface area (Å²) in [6.07, 6.45) is -4.56. The fraction of sp³-hybridized carbons (Fsp3) is 0.222. The fourth-order valence-corrected chi connectivity index (χ4v) is 2.49. The van der Waals surface area contributed by atoms with E-state index in [-0.39, 0.29) is 17.6 Å². The van der Waals surface area contributed by atoms with Crippen molar-refractivity contribution in [3.8, 4) is 11.5 Å². The van der Waals surface area contributed by atoms with Gasteiger partial charge in [0.1, 0.15) is 34.0 Å². The van der Waals surface area contributed by atoms with E-state index in [0.29, 0.717) is 22.6 Å². The maximum atomic E-state index is 13.0. The Kier molecular flexibility index (Phi) is 5.64. The minimum Gasteiger partial charge on any atom is -0.368 e. The highest BCUT2D eigenvalue weighted by Gasteiger charge is 2.32. The van der Waals surface area contributed by atoms with Crippen molar-refractivity contribution in [2.75, 3.05) is 10.6 Å².